The normalized spacial score (nSPS) is 17.7. The van der Waals surface area contributed by atoms with Crippen molar-refractivity contribution >= 4 is 45.6 Å². The summed E-state index contributed by atoms with van der Waals surface area (Å²) in [5.41, 5.74) is 2.46. The molecule has 0 spiro atoms. The number of amidine groups is 1. The molecule has 5 nitrogen and oxygen atoms in total. The number of halogens is 2. The van der Waals surface area contributed by atoms with Crippen LogP contribution in [0.4, 0.5) is 14.5 Å². The first-order chi connectivity index (χ1) is 14.6. The highest BCUT2D eigenvalue weighted by molar-refractivity contribution is 8.18. The van der Waals surface area contributed by atoms with Gasteiger partial charge in [-0.25, -0.2) is 13.8 Å². The number of nitrogens with zero attached hydrogens (tertiary/aromatic N) is 3. The summed E-state index contributed by atoms with van der Waals surface area (Å²) in [4.78, 5) is 21.0. The maximum Gasteiger partial charge on any atom is 0.286 e. The van der Waals surface area contributed by atoms with Crippen LogP contribution in [0.15, 0.2) is 52.6 Å². The zero-order valence-electron chi connectivity index (χ0n) is 15.9. The van der Waals surface area contributed by atoms with Crippen molar-refractivity contribution in [3.8, 4) is 0 Å². The van der Waals surface area contributed by atoms with Gasteiger partial charge in [0.25, 0.3) is 5.91 Å². The zero-order valence-corrected chi connectivity index (χ0v) is 16.8. The van der Waals surface area contributed by atoms with E-state index < -0.39 is 17.5 Å². The number of benzene rings is 2. The fraction of sp³-hybridized carbons (Fsp3) is 0.227. The van der Waals surface area contributed by atoms with Crippen molar-refractivity contribution in [2.75, 3.05) is 5.32 Å². The van der Waals surface area contributed by atoms with Crippen LogP contribution in [0.1, 0.15) is 24.8 Å². The van der Waals surface area contributed by atoms with Crippen LogP contribution in [0, 0.1) is 17.6 Å². The van der Waals surface area contributed by atoms with Gasteiger partial charge in [0.1, 0.15) is 17.3 Å². The zero-order chi connectivity index (χ0) is 20.7. The lowest BCUT2D eigenvalue weighted by Crippen LogP contribution is -2.08. The van der Waals surface area contributed by atoms with E-state index >= 15 is 0 Å². The summed E-state index contributed by atoms with van der Waals surface area (Å²) in [5.74, 6) is -1.09. The number of thioether (sulfide) groups is 1. The second-order valence-electron chi connectivity index (χ2n) is 7.47. The molecule has 0 unspecified atom stereocenters. The number of hydrogen-bond donors (Lipinski definition) is 1. The van der Waals surface area contributed by atoms with Gasteiger partial charge in [0.2, 0.25) is 0 Å². The van der Waals surface area contributed by atoms with Crippen molar-refractivity contribution < 1.29 is 13.6 Å². The molecule has 1 amide bonds. The first-order valence-electron chi connectivity index (χ1n) is 9.75. The van der Waals surface area contributed by atoms with Gasteiger partial charge in [0.05, 0.1) is 22.3 Å². The average molecular weight is 424 g/mol. The van der Waals surface area contributed by atoms with Crippen LogP contribution in [0.2, 0.25) is 0 Å². The quantitative estimate of drug-likeness (QED) is 0.572. The van der Waals surface area contributed by atoms with Crippen LogP contribution < -0.4 is 5.32 Å². The summed E-state index contributed by atoms with van der Waals surface area (Å²) >= 11 is 1.05. The number of aromatic nitrogens is 2. The lowest BCUT2D eigenvalue weighted by molar-refractivity contribution is -0.113. The highest BCUT2D eigenvalue weighted by Gasteiger charge is 2.24. The van der Waals surface area contributed by atoms with E-state index in [1.54, 1.807) is 6.08 Å². The minimum Gasteiger partial charge on any atom is -0.331 e. The second kappa shape index (κ2) is 7.68. The van der Waals surface area contributed by atoms with E-state index in [1.807, 2.05) is 24.5 Å². The van der Waals surface area contributed by atoms with Gasteiger partial charge in [-0.3, -0.25) is 4.79 Å². The maximum atomic E-state index is 13.8. The van der Waals surface area contributed by atoms with E-state index in [9.17, 15) is 13.6 Å². The van der Waals surface area contributed by atoms with E-state index in [0.717, 1.165) is 59.4 Å². The number of aryl methyl sites for hydroxylation is 1. The molecule has 1 saturated carbocycles. The molecular weight excluding hydrogens is 406 g/mol. The molecule has 0 radical (unpaired) electrons. The lowest BCUT2D eigenvalue weighted by atomic mass is 10.2. The van der Waals surface area contributed by atoms with E-state index in [4.69, 9.17) is 0 Å². The smallest absolute Gasteiger partial charge is 0.286 e. The Morgan fingerprint density at radius 1 is 1.20 bits per heavy atom. The van der Waals surface area contributed by atoms with Crippen molar-refractivity contribution in [2.45, 2.75) is 25.8 Å². The van der Waals surface area contributed by atoms with Crippen molar-refractivity contribution in [1.29, 1.82) is 0 Å². The fourth-order valence-electron chi connectivity index (χ4n) is 3.41. The molecule has 2 heterocycles. The molecule has 1 aromatic heterocycles. The molecule has 1 N–H and O–H groups in total. The number of rotatable bonds is 5. The van der Waals surface area contributed by atoms with Gasteiger partial charge < -0.3 is 9.88 Å². The number of hydrogen-bond acceptors (Lipinski definition) is 4. The van der Waals surface area contributed by atoms with Crippen LogP contribution in [0.25, 0.3) is 17.1 Å². The largest absolute Gasteiger partial charge is 0.331 e. The Bertz CT molecular complexity index is 1190. The summed E-state index contributed by atoms with van der Waals surface area (Å²) in [7, 11) is 0. The van der Waals surface area contributed by atoms with Gasteiger partial charge in [-0.05, 0) is 60.0 Å². The van der Waals surface area contributed by atoms with Crippen LogP contribution >= 0.6 is 11.8 Å². The van der Waals surface area contributed by atoms with Gasteiger partial charge in [-0.2, -0.15) is 4.99 Å². The number of para-hydroxylation sites is 1. The molecule has 3 aromatic rings. The first-order valence-corrected chi connectivity index (χ1v) is 10.6. The van der Waals surface area contributed by atoms with E-state index in [-0.39, 0.29) is 10.9 Å². The summed E-state index contributed by atoms with van der Waals surface area (Å²) in [5, 5.41) is 2.72. The average Bonchev–Trinajstić information content (AvgIpc) is 3.38. The van der Waals surface area contributed by atoms with Crippen LogP contribution in [0.5, 0.6) is 0 Å². The minimum atomic E-state index is -0.743. The second-order valence-corrected chi connectivity index (χ2v) is 8.50. The first kappa shape index (κ1) is 19.0. The molecule has 30 heavy (non-hydrogen) atoms. The number of amides is 1. The molecule has 1 fully saturated rings. The molecule has 8 heteroatoms. The van der Waals surface area contributed by atoms with Gasteiger partial charge in [-0.1, -0.05) is 25.0 Å². The van der Waals surface area contributed by atoms with Crippen molar-refractivity contribution in [3.63, 3.8) is 0 Å². The fourth-order valence-corrected chi connectivity index (χ4v) is 4.23. The van der Waals surface area contributed by atoms with E-state index in [1.165, 1.54) is 18.9 Å². The van der Waals surface area contributed by atoms with Gasteiger partial charge >= 0.3 is 0 Å². The summed E-state index contributed by atoms with van der Waals surface area (Å²) < 4.78 is 29.8. The Balaban J connectivity index is 1.35. The van der Waals surface area contributed by atoms with Gasteiger partial charge in [0.15, 0.2) is 5.17 Å². The van der Waals surface area contributed by atoms with Crippen molar-refractivity contribution in [1.82, 2.24) is 9.55 Å². The molecule has 5 rings (SSSR count). The third-order valence-corrected chi connectivity index (χ3v) is 6.13. The Hall–Kier alpha value is -3.00. The number of imidazole rings is 1. The highest BCUT2D eigenvalue weighted by Crippen LogP contribution is 2.34. The molecule has 1 aliphatic heterocycles. The van der Waals surface area contributed by atoms with Crippen LogP contribution in [-0.4, -0.2) is 20.6 Å². The third-order valence-electron chi connectivity index (χ3n) is 5.23. The Kier molecular flexibility index (Phi) is 4.86. The number of nitrogens with one attached hydrogen (secondary N) is 1. The molecule has 0 atom stereocenters. The minimum absolute atomic E-state index is 0.144. The molecule has 2 aromatic carbocycles. The van der Waals surface area contributed by atoms with Crippen molar-refractivity contribution in [3.05, 3.63) is 64.8 Å². The molecule has 0 bridgehead atoms. The molecule has 0 saturated heterocycles. The Labute approximate surface area is 175 Å². The van der Waals surface area contributed by atoms with Gasteiger partial charge in [-0.15, -0.1) is 0 Å². The third kappa shape index (κ3) is 3.87. The van der Waals surface area contributed by atoms with Crippen LogP contribution in [-0.2, 0) is 11.3 Å². The van der Waals surface area contributed by atoms with Crippen molar-refractivity contribution in [2.24, 2.45) is 10.9 Å². The SMILES string of the molecule is O=C1N=C(Nc2c(F)cccc2F)SC1=Cc1ccc2ncn(CCC3CC3)c2c1. The number of aliphatic imine (C=N–C) groups is 1. The predicted octanol–water partition coefficient (Wildman–Crippen LogP) is 5.20. The van der Waals surface area contributed by atoms with E-state index in [2.05, 4.69) is 19.9 Å². The predicted molar refractivity (Wildman–Crippen MR) is 115 cm³/mol. The van der Waals surface area contributed by atoms with Gasteiger partial charge in [0, 0.05) is 6.54 Å². The standard InChI is InChI=1S/C22H18F2N4OS/c23-15-2-1-3-16(24)20(15)26-22-27-21(29)19(30-22)11-14-6-7-17-18(10-14)28(12-25-17)9-8-13-4-5-13/h1-3,6-7,10-13H,4-5,8-9H2,(H,26,27,29). The van der Waals surface area contributed by atoms with Crippen LogP contribution in [0.3, 0.4) is 0 Å². The summed E-state index contributed by atoms with van der Waals surface area (Å²) in [6.45, 7) is 0.931. The maximum absolute atomic E-state index is 13.8. The Morgan fingerprint density at radius 3 is 2.77 bits per heavy atom. The monoisotopic (exact) mass is 424 g/mol. The molecule has 1 aliphatic carbocycles. The number of carbonyl (C=O) groups is 1. The topological polar surface area (TPSA) is 59.3 Å². The molecule has 2 aliphatic rings. The molecular formula is C22H18F2N4OS. The Morgan fingerprint density at radius 2 is 2.00 bits per heavy atom. The summed E-state index contributed by atoms with van der Waals surface area (Å²) in [6.07, 6.45) is 7.38. The van der Waals surface area contributed by atoms with E-state index in [0.29, 0.717) is 4.91 Å². The summed E-state index contributed by atoms with van der Waals surface area (Å²) in [6, 6.07) is 9.38. The lowest BCUT2D eigenvalue weighted by Gasteiger charge is -2.06. The number of fused-ring (bicyclic) bond motifs is 1. The number of anilines is 1. The molecule has 152 valence electrons. The highest BCUT2D eigenvalue weighted by atomic mass is 32.2. The number of carbonyl (C=O) groups excluding carboxylic acids is 1.